The van der Waals surface area contributed by atoms with Gasteiger partial charge in [-0.05, 0) is 50.2 Å². The van der Waals surface area contributed by atoms with Gasteiger partial charge >= 0.3 is 5.91 Å². The first-order valence-corrected chi connectivity index (χ1v) is 10.3. The third-order valence-corrected chi connectivity index (χ3v) is 6.76. The number of aryl methyl sites for hydroxylation is 1. The van der Waals surface area contributed by atoms with Crippen LogP contribution in [0.4, 0.5) is 0 Å². The molecule has 3 rings (SSSR count). The van der Waals surface area contributed by atoms with Crippen molar-refractivity contribution in [1.82, 2.24) is 0 Å². The Kier molecular flexibility index (Phi) is 5.93. The summed E-state index contributed by atoms with van der Waals surface area (Å²) in [5.41, 5.74) is 9.13. The van der Waals surface area contributed by atoms with Crippen LogP contribution in [0, 0.1) is 0 Å². The number of rotatable bonds is 5. The van der Waals surface area contributed by atoms with Gasteiger partial charge in [0, 0.05) is 24.9 Å². The quantitative estimate of drug-likeness (QED) is 0.822. The van der Waals surface area contributed by atoms with E-state index >= 15 is 0 Å². The van der Waals surface area contributed by atoms with Gasteiger partial charge in [0.15, 0.2) is 5.78 Å². The molecule has 0 saturated carbocycles. The average Bonchev–Trinajstić information content (AvgIpc) is 2.67. The van der Waals surface area contributed by atoms with Gasteiger partial charge in [-0.15, -0.1) is 0 Å². The molecule has 1 aliphatic carbocycles. The Morgan fingerprint density at radius 2 is 2.08 bits per heavy atom. The third-order valence-electron chi connectivity index (χ3n) is 6.76. The molecule has 1 saturated heterocycles. The molecule has 1 amide bonds. The summed E-state index contributed by atoms with van der Waals surface area (Å²) in [4.78, 5) is 25.6. The first-order valence-electron chi connectivity index (χ1n) is 10.3. The minimum Gasteiger partial charge on any atom is -0.325 e. The molecule has 1 aliphatic heterocycles. The molecule has 0 spiro atoms. The molecular formula is C22H33N2O2+. The van der Waals surface area contributed by atoms with Crippen LogP contribution in [0.25, 0.3) is 0 Å². The summed E-state index contributed by atoms with van der Waals surface area (Å²) < 4.78 is 0.545. The number of carbonyl (C=O) groups is 2. The number of ketones is 1. The molecule has 1 heterocycles. The number of likely N-dealkylation sites (tertiary alicyclic amines) is 1. The van der Waals surface area contributed by atoms with E-state index in [1.165, 1.54) is 6.42 Å². The van der Waals surface area contributed by atoms with Crippen LogP contribution in [0.5, 0.6) is 0 Å². The molecule has 3 atom stereocenters. The number of piperidine rings is 1. The molecule has 1 aromatic carbocycles. The molecular weight excluding hydrogens is 324 g/mol. The fraction of sp³-hybridized carbons (Fsp3) is 0.636. The van der Waals surface area contributed by atoms with Crippen molar-refractivity contribution in [2.45, 2.75) is 77.3 Å². The number of nitrogens with two attached hydrogens (primary N) is 1. The zero-order valence-corrected chi connectivity index (χ0v) is 16.3. The Labute approximate surface area is 157 Å². The lowest BCUT2D eigenvalue weighted by molar-refractivity contribution is -0.905. The molecule has 0 aromatic heterocycles. The summed E-state index contributed by atoms with van der Waals surface area (Å²) in [5, 5.41) is 0. The number of quaternary nitrogens is 1. The second-order valence-electron chi connectivity index (χ2n) is 8.14. The largest absolute Gasteiger partial charge is 0.325 e. The fourth-order valence-corrected chi connectivity index (χ4v) is 5.08. The minimum absolute atomic E-state index is 0.241. The zero-order valence-electron chi connectivity index (χ0n) is 16.3. The molecule has 4 nitrogen and oxygen atoms in total. The van der Waals surface area contributed by atoms with E-state index in [1.807, 2.05) is 12.1 Å². The Hall–Kier alpha value is -1.52. The Balaban J connectivity index is 1.87. The SMILES string of the molecule is CCC(C)[N+]1(C(=O)Cc2ccc3c(c2)CCCC3=O)CCCC[C@H]1CN. The van der Waals surface area contributed by atoms with Crippen molar-refractivity contribution in [2.75, 3.05) is 13.1 Å². The van der Waals surface area contributed by atoms with Gasteiger partial charge in [0.2, 0.25) is 0 Å². The van der Waals surface area contributed by atoms with Crippen molar-refractivity contribution < 1.29 is 14.1 Å². The van der Waals surface area contributed by atoms with Crippen LogP contribution in [0.3, 0.4) is 0 Å². The molecule has 26 heavy (non-hydrogen) atoms. The Bertz CT molecular complexity index is 685. The van der Waals surface area contributed by atoms with Crippen molar-refractivity contribution in [3.05, 3.63) is 34.9 Å². The van der Waals surface area contributed by atoms with Crippen LogP contribution in [-0.4, -0.2) is 41.3 Å². The van der Waals surface area contributed by atoms with Crippen molar-refractivity contribution in [2.24, 2.45) is 5.73 Å². The van der Waals surface area contributed by atoms with Crippen molar-refractivity contribution >= 4 is 11.7 Å². The van der Waals surface area contributed by atoms with Gasteiger partial charge < -0.3 is 5.73 Å². The molecule has 142 valence electrons. The topological polar surface area (TPSA) is 60.2 Å². The van der Waals surface area contributed by atoms with Gasteiger partial charge in [0.25, 0.3) is 0 Å². The molecule has 0 radical (unpaired) electrons. The minimum atomic E-state index is 0.241. The molecule has 1 aromatic rings. The number of hydrogen-bond donors (Lipinski definition) is 1. The summed E-state index contributed by atoms with van der Waals surface area (Å²) in [6.45, 7) is 5.87. The summed E-state index contributed by atoms with van der Waals surface area (Å²) in [5.74, 6) is 0.544. The van der Waals surface area contributed by atoms with E-state index in [0.717, 1.165) is 55.3 Å². The molecule has 2 N–H and O–H groups in total. The Morgan fingerprint density at radius 3 is 2.81 bits per heavy atom. The van der Waals surface area contributed by atoms with Crippen LogP contribution in [-0.2, 0) is 17.6 Å². The average molecular weight is 358 g/mol. The molecule has 2 unspecified atom stereocenters. The standard InChI is InChI=1S/C22H33N2O2/c1-3-16(2)24(12-5-4-8-19(24)15-23)22(26)14-17-10-11-20-18(13-17)7-6-9-21(20)25/h10-11,13,16,19H,3-9,12,14-15,23H2,1-2H3/q+1/t16?,19-,24?/m0/s1. The van der Waals surface area contributed by atoms with Gasteiger partial charge in [0.1, 0.15) is 6.04 Å². The zero-order chi connectivity index (χ0) is 18.7. The summed E-state index contributed by atoms with van der Waals surface area (Å²) >= 11 is 0. The number of amides is 1. The second-order valence-corrected chi connectivity index (χ2v) is 8.14. The summed E-state index contributed by atoms with van der Waals surface area (Å²) in [6.07, 6.45) is 7.27. The number of carbonyl (C=O) groups excluding carboxylic acids is 2. The van der Waals surface area contributed by atoms with Crippen LogP contribution >= 0.6 is 0 Å². The van der Waals surface area contributed by atoms with E-state index in [0.29, 0.717) is 35.8 Å². The number of Topliss-reactive ketones (excluding diaryl/α,β-unsaturated/α-hetero) is 1. The van der Waals surface area contributed by atoms with Gasteiger partial charge in [-0.2, -0.15) is 0 Å². The van der Waals surface area contributed by atoms with Crippen molar-refractivity contribution in [1.29, 1.82) is 0 Å². The Morgan fingerprint density at radius 1 is 1.27 bits per heavy atom. The van der Waals surface area contributed by atoms with Gasteiger partial charge in [-0.1, -0.05) is 25.1 Å². The number of hydrogen-bond acceptors (Lipinski definition) is 3. The van der Waals surface area contributed by atoms with Crippen LogP contribution in [0.2, 0.25) is 0 Å². The second kappa shape index (κ2) is 8.01. The highest BCUT2D eigenvalue weighted by Crippen LogP contribution is 2.32. The highest BCUT2D eigenvalue weighted by atomic mass is 16.2. The molecule has 0 bridgehead atoms. The summed E-state index contributed by atoms with van der Waals surface area (Å²) in [6, 6.07) is 6.55. The number of benzene rings is 1. The first-order chi connectivity index (χ1) is 12.5. The van der Waals surface area contributed by atoms with Gasteiger partial charge in [0.05, 0.1) is 19.0 Å². The molecule has 4 heteroatoms. The van der Waals surface area contributed by atoms with Crippen LogP contribution in [0.1, 0.15) is 73.9 Å². The summed E-state index contributed by atoms with van der Waals surface area (Å²) in [7, 11) is 0. The van der Waals surface area contributed by atoms with Crippen molar-refractivity contribution in [3.8, 4) is 0 Å². The van der Waals surface area contributed by atoms with Gasteiger partial charge in [-0.25, -0.2) is 4.79 Å². The monoisotopic (exact) mass is 357 g/mol. The third kappa shape index (κ3) is 3.37. The normalized spacial score (nSPS) is 27.0. The molecule has 2 aliphatic rings. The predicted molar refractivity (Wildman–Crippen MR) is 104 cm³/mol. The van der Waals surface area contributed by atoms with Crippen molar-refractivity contribution in [3.63, 3.8) is 0 Å². The maximum atomic E-state index is 13.5. The fourth-order valence-electron chi connectivity index (χ4n) is 5.08. The number of fused-ring (bicyclic) bond motifs is 1. The maximum Gasteiger partial charge on any atom is 0.318 e. The first kappa shape index (κ1) is 19.2. The van der Waals surface area contributed by atoms with E-state index in [-0.39, 0.29) is 11.8 Å². The van der Waals surface area contributed by atoms with E-state index < -0.39 is 0 Å². The highest BCUT2D eigenvalue weighted by molar-refractivity contribution is 5.98. The predicted octanol–water partition coefficient (Wildman–Crippen LogP) is 3.40. The van der Waals surface area contributed by atoms with E-state index in [9.17, 15) is 9.59 Å². The lowest BCUT2D eigenvalue weighted by Crippen LogP contribution is -2.68. The van der Waals surface area contributed by atoms with E-state index in [4.69, 9.17) is 5.73 Å². The maximum absolute atomic E-state index is 13.5. The highest BCUT2D eigenvalue weighted by Gasteiger charge is 2.48. The lowest BCUT2D eigenvalue weighted by Gasteiger charge is -2.49. The molecule has 1 fully saturated rings. The lowest BCUT2D eigenvalue weighted by atomic mass is 9.88. The smallest absolute Gasteiger partial charge is 0.318 e. The van der Waals surface area contributed by atoms with E-state index in [1.54, 1.807) is 0 Å². The number of nitrogens with zero attached hydrogens (tertiary/aromatic N) is 1. The van der Waals surface area contributed by atoms with Crippen LogP contribution in [0.15, 0.2) is 18.2 Å². The van der Waals surface area contributed by atoms with Crippen LogP contribution < -0.4 is 5.73 Å². The van der Waals surface area contributed by atoms with Gasteiger partial charge in [-0.3, -0.25) is 9.28 Å². The van der Waals surface area contributed by atoms with E-state index in [2.05, 4.69) is 19.9 Å².